The van der Waals surface area contributed by atoms with E-state index in [0.29, 0.717) is 6.61 Å². The van der Waals surface area contributed by atoms with Crippen LogP contribution in [0.25, 0.3) is 0 Å². The van der Waals surface area contributed by atoms with Crippen LogP contribution < -0.4 is 0 Å². The predicted molar refractivity (Wildman–Crippen MR) is 35.4 cm³/mol. The summed E-state index contributed by atoms with van der Waals surface area (Å²) in [5.41, 5.74) is 0. The summed E-state index contributed by atoms with van der Waals surface area (Å²) in [6, 6.07) is 0. The van der Waals surface area contributed by atoms with Gasteiger partial charge in [-0.3, -0.25) is 4.79 Å². The summed E-state index contributed by atoms with van der Waals surface area (Å²) < 4.78 is 4.75. The molecular weight excluding hydrogens is 132 g/mol. The van der Waals surface area contributed by atoms with E-state index in [-0.39, 0.29) is 18.3 Å². The van der Waals surface area contributed by atoms with Crippen molar-refractivity contribution < 1.29 is 14.6 Å². The summed E-state index contributed by atoms with van der Waals surface area (Å²) in [5.74, 6) is -0.130. The van der Waals surface area contributed by atoms with Crippen LogP contribution in [0.4, 0.5) is 0 Å². The first-order chi connectivity index (χ1) is 4.74. The minimum absolute atomic E-state index is 0.151. The normalized spacial score (nSPS) is 33.6. The van der Waals surface area contributed by atoms with E-state index >= 15 is 0 Å². The van der Waals surface area contributed by atoms with Gasteiger partial charge in [0.15, 0.2) is 0 Å². The molecule has 0 spiro atoms. The average molecular weight is 144 g/mol. The Morgan fingerprint density at radius 2 is 2.50 bits per heavy atom. The highest BCUT2D eigenvalue weighted by molar-refractivity contribution is 5.70. The van der Waals surface area contributed by atoms with Crippen LogP contribution in [-0.4, -0.2) is 23.8 Å². The van der Waals surface area contributed by atoms with Crippen molar-refractivity contribution in [2.24, 2.45) is 5.92 Å². The molecule has 1 saturated heterocycles. The van der Waals surface area contributed by atoms with Crippen LogP contribution in [0.5, 0.6) is 0 Å². The van der Waals surface area contributed by atoms with Crippen molar-refractivity contribution >= 4 is 5.97 Å². The highest BCUT2D eigenvalue weighted by Gasteiger charge is 2.27. The second kappa shape index (κ2) is 3.01. The second-order valence-electron chi connectivity index (χ2n) is 2.62. The van der Waals surface area contributed by atoms with Gasteiger partial charge in [0, 0.05) is 5.92 Å². The molecule has 3 heteroatoms. The third-order valence-electron chi connectivity index (χ3n) is 1.90. The maximum atomic E-state index is 10.6. The number of hydrogen-bond donors (Lipinski definition) is 1. The fraction of sp³-hybridized carbons (Fsp3) is 0.857. The second-order valence-corrected chi connectivity index (χ2v) is 2.62. The van der Waals surface area contributed by atoms with Crippen molar-refractivity contribution in [1.29, 1.82) is 0 Å². The maximum absolute atomic E-state index is 10.6. The number of hydrogen-bond acceptors (Lipinski definition) is 3. The molecule has 10 heavy (non-hydrogen) atoms. The van der Waals surface area contributed by atoms with Gasteiger partial charge in [-0.05, 0) is 6.42 Å². The third kappa shape index (κ3) is 1.48. The minimum Gasteiger partial charge on any atom is -0.465 e. The Kier molecular flexibility index (Phi) is 2.27. The van der Waals surface area contributed by atoms with Crippen molar-refractivity contribution in [1.82, 2.24) is 0 Å². The molecule has 0 aromatic heterocycles. The minimum atomic E-state index is -0.480. The smallest absolute Gasteiger partial charge is 0.308 e. The Morgan fingerprint density at radius 1 is 1.80 bits per heavy atom. The Labute approximate surface area is 60.0 Å². The van der Waals surface area contributed by atoms with Crippen molar-refractivity contribution in [3.05, 3.63) is 0 Å². The molecule has 1 heterocycles. The van der Waals surface area contributed by atoms with E-state index in [2.05, 4.69) is 0 Å². The molecule has 0 aromatic rings. The lowest BCUT2D eigenvalue weighted by atomic mass is 9.96. The van der Waals surface area contributed by atoms with Crippen molar-refractivity contribution in [3.8, 4) is 0 Å². The van der Waals surface area contributed by atoms with E-state index in [1.165, 1.54) is 0 Å². The third-order valence-corrected chi connectivity index (χ3v) is 1.90. The molecule has 1 fully saturated rings. The van der Waals surface area contributed by atoms with E-state index in [0.717, 1.165) is 6.42 Å². The summed E-state index contributed by atoms with van der Waals surface area (Å²) in [6.45, 7) is 2.36. The largest absolute Gasteiger partial charge is 0.465 e. The monoisotopic (exact) mass is 144 g/mol. The van der Waals surface area contributed by atoms with E-state index in [9.17, 15) is 9.90 Å². The summed E-state index contributed by atoms with van der Waals surface area (Å²) in [7, 11) is 0. The summed E-state index contributed by atoms with van der Waals surface area (Å²) in [5, 5.41) is 9.24. The van der Waals surface area contributed by atoms with Gasteiger partial charge >= 0.3 is 5.97 Å². The highest BCUT2D eigenvalue weighted by atomic mass is 16.5. The molecule has 1 rings (SSSR count). The van der Waals surface area contributed by atoms with Crippen LogP contribution in [0.1, 0.15) is 19.8 Å². The average Bonchev–Trinajstić information content (AvgIpc) is 1.88. The fourth-order valence-electron chi connectivity index (χ4n) is 1.10. The molecule has 0 saturated carbocycles. The van der Waals surface area contributed by atoms with Gasteiger partial charge in [0.2, 0.25) is 0 Å². The zero-order chi connectivity index (χ0) is 7.56. The zero-order valence-corrected chi connectivity index (χ0v) is 6.04. The number of cyclic esters (lactones) is 1. The number of carbonyl (C=O) groups is 1. The molecule has 3 nitrogen and oxygen atoms in total. The first kappa shape index (κ1) is 7.54. The van der Waals surface area contributed by atoms with E-state index in [1.54, 1.807) is 0 Å². The SMILES string of the molecule is CC[C@H]1COC(=O)C[C@@H]1O. The van der Waals surface area contributed by atoms with Crippen LogP contribution >= 0.6 is 0 Å². The lowest BCUT2D eigenvalue weighted by molar-refractivity contribution is -0.156. The summed E-state index contributed by atoms with van der Waals surface area (Å²) in [4.78, 5) is 10.6. The Morgan fingerprint density at radius 3 is 3.00 bits per heavy atom. The van der Waals surface area contributed by atoms with Crippen molar-refractivity contribution in [2.75, 3.05) is 6.61 Å². The van der Waals surface area contributed by atoms with Gasteiger partial charge in [-0.2, -0.15) is 0 Å². The highest BCUT2D eigenvalue weighted by Crippen LogP contribution is 2.17. The summed E-state index contributed by atoms with van der Waals surface area (Å²) >= 11 is 0. The molecule has 1 aliphatic heterocycles. The Balaban J connectivity index is 2.43. The van der Waals surface area contributed by atoms with Gasteiger partial charge in [0.05, 0.1) is 19.1 Å². The number of esters is 1. The van der Waals surface area contributed by atoms with Crippen LogP contribution in [0.2, 0.25) is 0 Å². The molecule has 0 bridgehead atoms. The van der Waals surface area contributed by atoms with Crippen LogP contribution in [0.3, 0.4) is 0 Å². The van der Waals surface area contributed by atoms with Gasteiger partial charge in [-0.25, -0.2) is 0 Å². The quantitative estimate of drug-likeness (QED) is 0.539. The van der Waals surface area contributed by atoms with Crippen molar-refractivity contribution in [3.63, 3.8) is 0 Å². The molecule has 2 atom stereocenters. The number of aliphatic hydroxyl groups excluding tert-OH is 1. The van der Waals surface area contributed by atoms with Gasteiger partial charge in [-0.15, -0.1) is 0 Å². The molecule has 1 N–H and O–H groups in total. The lowest BCUT2D eigenvalue weighted by Gasteiger charge is -2.25. The van der Waals surface area contributed by atoms with Gasteiger partial charge in [0.1, 0.15) is 0 Å². The number of rotatable bonds is 1. The number of ether oxygens (including phenoxy) is 1. The van der Waals surface area contributed by atoms with Crippen LogP contribution in [0.15, 0.2) is 0 Å². The topological polar surface area (TPSA) is 46.5 Å². The molecule has 0 aliphatic carbocycles. The van der Waals surface area contributed by atoms with E-state index in [1.807, 2.05) is 6.92 Å². The number of carbonyl (C=O) groups excluding carboxylic acids is 1. The molecular formula is C7H12O3. The molecule has 1 aliphatic rings. The van der Waals surface area contributed by atoms with E-state index in [4.69, 9.17) is 4.74 Å². The van der Waals surface area contributed by atoms with Gasteiger partial charge in [0.25, 0.3) is 0 Å². The van der Waals surface area contributed by atoms with Gasteiger partial charge in [-0.1, -0.05) is 6.92 Å². The summed E-state index contributed by atoms with van der Waals surface area (Å²) in [6.07, 6.45) is 0.554. The van der Waals surface area contributed by atoms with Crippen molar-refractivity contribution in [2.45, 2.75) is 25.9 Å². The molecule has 58 valence electrons. The standard InChI is InChI=1S/C7H12O3/c1-2-5-4-10-7(9)3-6(5)8/h5-6,8H,2-4H2,1H3/t5-,6-/m0/s1. The first-order valence-electron chi connectivity index (χ1n) is 3.57. The number of aliphatic hydroxyl groups is 1. The molecule has 0 amide bonds. The molecule has 0 unspecified atom stereocenters. The molecule has 0 aromatic carbocycles. The Hall–Kier alpha value is -0.570. The van der Waals surface area contributed by atoms with Gasteiger partial charge < -0.3 is 9.84 Å². The van der Waals surface area contributed by atoms with Crippen LogP contribution in [-0.2, 0) is 9.53 Å². The van der Waals surface area contributed by atoms with E-state index < -0.39 is 6.10 Å². The zero-order valence-electron chi connectivity index (χ0n) is 6.04. The predicted octanol–water partition coefficient (Wildman–Crippen LogP) is 0.320. The Bertz CT molecular complexity index is 133. The van der Waals surface area contributed by atoms with Crippen LogP contribution in [0, 0.1) is 5.92 Å². The lowest BCUT2D eigenvalue weighted by Crippen LogP contribution is -2.34. The fourth-order valence-corrected chi connectivity index (χ4v) is 1.10. The maximum Gasteiger partial charge on any atom is 0.308 e. The molecule has 0 radical (unpaired) electrons. The first-order valence-corrected chi connectivity index (χ1v) is 3.57.